The van der Waals surface area contributed by atoms with Crippen LogP contribution >= 0.6 is 0 Å². The van der Waals surface area contributed by atoms with Gasteiger partial charge in [0.05, 0.1) is 26.1 Å². The third-order valence-electron chi connectivity index (χ3n) is 4.88. The third kappa shape index (κ3) is 3.67. The Morgan fingerprint density at radius 1 is 1.23 bits per heavy atom. The summed E-state index contributed by atoms with van der Waals surface area (Å²) in [6.07, 6.45) is 10.1. The molecule has 0 spiro atoms. The van der Waals surface area contributed by atoms with E-state index in [0.717, 1.165) is 30.1 Å². The number of methoxy groups -OCH3 is 1. The Bertz CT molecular complexity index is 790. The summed E-state index contributed by atoms with van der Waals surface area (Å²) in [6.45, 7) is 2.60. The standard InChI is InChI=1S/C19H22N4O3/c1-25-16-8-21-18(22-9-16)19(24)23-5-4-17-14(10-23)6-20-7-15(17)12-26-11-13-2-3-13/h6-9,13H,2-5,10-12H2,1H3. The second-order valence-electron chi connectivity index (χ2n) is 6.82. The van der Waals surface area contributed by atoms with E-state index in [-0.39, 0.29) is 11.7 Å². The number of carbonyl (C=O) groups excluding carboxylic acids is 1. The number of pyridine rings is 1. The maximum Gasteiger partial charge on any atom is 0.291 e. The highest BCUT2D eigenvalue weighted by Gasteiger charge is 2.26. The largest absolute Gasteiger partial charge is 0.494 e. The average Bonchev–Trinajstić information content (AvgIpc) is 3.51. The molecule has 0 N–H and O–H groups in total. The molecule has 0 radical (unpaired) electrons. The fourth-order valence-corrected chi connectivity index (χ4v) is 3.16. The lowest BCUT2D eigenvalue weighted by Crippen LogP contribution is -2.37. The molecular weight excluding hydrogens is 332 g/mol. The van der Waals surface area contributed by atoms with Crippen LogP contribution in [0.15, 0.2) is 24.8 Å². The average molecular weight is 354 g/mol. The molecule has 4 rings (SSSR count). The quantitative estimate of drug-likeness (QED) is 0.790. The van der Waals surface area contributed by atoms with Gasteiger partial charge in [-0.05, 0) is 41.9 Å². The van der Waals surface area contributed by atoms with Gasteiger partial charge in [-0.3, -0.25) is 9.78 Å². The van der Waals surface area contributed by atoms with Crippen LogP contribution in [0.25, 0.3) is 0 Å². The van der Waals surface area contributed by atoms with E-state index in [4.69, 9.17) is 9.47 Å². The van der Waals surface area contributed by atoms with Crippen LogP contribution in [0.3, 0.4) is 0 Å². The predicted molar refractivity (Wildman–Crippen MR) is 93.6 cm³/mol. The van der Waals surface area contributed by atoms with E-state index in [1.165, 1.54) is 30.8 Å². The molecule has 3 heterocycles. The number of hydrogen-bond donors (Lipinski definition) is 0. The summed E-state index contributed by atoms with van der Waals surface area (Å²) in [5.41, 5.74) is 3.47. The first-order valence-corrected chi connectivity index (χ1v) is 8.92. The number of fused-ring (bicyclic) bond motifs is 1. The fraction of sp³-hybridized carbons (Fsp3) is 0.474. The van der Waals surface area contributed by atoms with Crippen molar-refractivity contribution >= 4 is 5.91 Å². The van der Waals surface area contributed by atoms with Crippen molar-refractivity contribution in [2.75, 3.05) is 20.3 Å². The van der Waals surface area contributed by atoms with Gasteiger partial charge < -0.3 is 14.4 Å². The zero-order chi connectivity index (χ0) is 17.9. The monoisotopic (exact) mass is 354 g/mol. The fourth-order valence-electron chi connectivity index (χ4n) is 3.16. The van der Waals surface area contributed by atoms with Gasteiger partial charge in [0.25, 0.3) is 5.91 Å². The summed E-state index contributed by atoms with van der Waals surface area (Å²) < 4.78 is 10.9. The van der Waals surface area contributed by atoms with E-state index in [1.54, 1.807) is 12.0 Å². The number of carbonyl (C=O) groups is 1. The van der Waals surface area contributed by atoms with Gasteiger partial charge in [-0.25, -0.2) is 9.97 Å². The Morgan fingerprint density at radius 2 is 2.04 bits per heavy atom. The van der Waals surface area contributed by atoms with Crippen LogP contribution in [0.4, 0.5) is 0 Å². The van der Waals surface area contributed by atoms with E-state index >= 15 is 0 Å². The van der Waals surface area contributed by atoms with Gasteiger partial charge in [0.1, 0.15) is 0 Å². The Labute approximate surface area is 152 Å². The Morgan fingerprint density at radius 3 is 2.77 bits per heavy atom. The molecule has 7 nitrogen and oxygen atoms in total. The predicted octanol–water partition coefficient (Wildman–Crippen LogP) is 2.01. The van der Waals surface area contributed by atoms with Crippen LogP contribution in [-0.4, -0.2) is 46.0 Å². The number of aromatic nitrogens is 3. The molecule has 1 aliphatic carbocycles. The molecule has 0 bridgehead atoms. The molecule has 2 aromatic rings. The highest BCUT2D eigenvalue weighted by molar-refractivity contribution is 5.90. The van der Waals surface area contributed by atoms with Crippen molar-refractivity contribution in [3.63, 3.8) is 0 Å². The van der Waals surface area contributed by atoms with E-state index in [1.807, 2.05) is 12.4 Å². The third-order valence-corrected chi connectivity index (χ3v) is 4.88. The zero-order valence-corrected chi connectivity index (χ0v) is 14.9. The second-order valence-corrected chi connectivity index (χ2v) is 6.82. The molecule has 0 unspecified atom stereocenters. The van der Waals surface area contributed by atoms with Gasteiger partial charge in [0.2, 0.25) is 5.82 Å². The lowest BCUT2D eigenvalue weighted by atomic mass is 9.97. The number of rotatable bonds is 6. The molecule has 26 heavy (non-hydrogen) atoms. The lowest BCUT2D eigenvalue weighted by molar-refractivity contribution is 0.0719. The van der Waals surface area contributed by atoms with Crippen molar-refractivity contribution in [3.05, 3.63) is 47.3 Å². The van der Waals surface area contributed by atoms with Gasteiger partial charge >= 0.3 is 0 Å². The van der Waals surface area contributed by atoms with Gasteiger partial charge in [0, 0.05) is 32.1 Å². The summed E-state index contributed by atoms with van der Waals surface area (Å²) >= 11 is 0. The number of hydrogen-bond acceptors (Lipinski definition) is 6. The molecule has 1 amide bonds. The van der Waals surface area contributed by atoms with Crippen LogP contribution < -0.4 is 4.74 Å². The normalized spacial score (nSPS) is 16.3. The molecule has 0 aromatic carbocycles. The zero-order valence-electron chi connectivity index (χ0n) is 14.9. The SMILES string of the molecule is COc1cnc(C(=O)N2CCc3c(COCC4CC4)cncc3C2)nc1. The van der Waals surface area contributed by atoms with Crippen LogP contribution in [-0.2, 0) is 24.3 Å². The minimum absolute atomic E-state index is 0.173. The topological polar surface area (TPSA) is 77.4 Å². The molecule has 1 saturated carbocycles. The van der Waals surface area contributed by atoms with Gasteiger partial charge in [0.15, 0.2) is 5.75 Å². The van der Waals surface area contributed by atoms with E-state index in [0.29, 0.717) is 25.4 Å². The summed E-state index contributed by atoms with van der Waals surface area (Å²) in [5.74, 6) is 1.30. The first-order chi connectivity index (χ1) is 12.7. The Hall–Kier alpha value is -2.54. The van der Waals surface area contributed by atoms with Crippen molar-refractivity contribution in [2.45, 2.75) is 32.4 Å². The lowest BCUT2D eigenvalue weighted by Gasteiger charge is -2.29. The molecule has 1 aliphatic heterocycles. The molecule has 136 valence electrons. The molecular formula is C19H22N4O3. The molecule has 7 heteroatoms. The van der Waals surface area contributed by atoms with E-state index < -0.39 is 0 Å². The number of ether oxygens (including phenoxy) is 2. The summed E-state index contributed by atoms with van der Waals surface area (Å²) in [7, 11) is 1.54. The molecule has 1 fully saturated rings. The van der Waals surface area contributed by atoms with Crippen LogP contribution in [0.1, 0.15) is 40.2 Å². The van der Waals surface area contributed by atoms with Crippen molar-refractivity contribution in [1.29, 1.82) is 0 Å². The first-order valence-electron chi connectivity index (χ1n) is 8.92. The van der Waals surface area contributed by atoms with Crippen LogP contribution in [0.2, 0.25) is 0 Å². The van der Waals surface area contributed by atoms with Gasteiger partial charge in [-0.15, -0.1) is 0 Å². The Balaban J connectivity index is 1.44. The number of amides is 1. The van der Waals surface area contributed by atoms with Crippen molar-refractivity contribution in [2.24, 2.45) is 5.92 Å². The Kier molecular flexibility index (Phi) is 4.79. The molecule has 0 atom stereocenters. The summed E-state index contributed by atoms with van der Waals surface area (Å²) in [5, 5.41) is 0. The summed E-state index contributed by atoms with van der Waals surface area (Å²) in [4.78, 5) is 27.0. The second kappa shape index (κ2) is 7.37. The minimum atomic E-state index is -0.173. The van der Waals surface area contributed by atoms with Crippen LogP contribution in [0.5, 0.6) is 5.75 Å². The van der Waals surface area contributed by atoms with Crippen molar-refractivity contribution < 1.29 is 14.3 Å². The molecule has 2 aromatic heterocycles. The maximum atomic E-state index is 12.7. The number of nitrogens with zero attached hydrogens (tertiary/aromatic N) is 4. The minimum Gasteiger partial charge on any atom is -0.494 e. The highest BCUT2D eigenvalue weighted by atomic mass is 16.5. The van der Waals surface area contributed by atoms with Gasteiger partial charge in [-0.1, -0.05) is 0 Å². The van der Waals surface area contributed by atoms with E-state index in [9.17, 15) is 4.79 Å². The van der Waals surface area contributed by atoms with E-state index in [2.05, 4.69) is 15.0 Å². The van der Waals surface area contributed by atoms with Crippen molar-refractivity contribution in [1.82, 2.24) is 19.9 Å². The highest BCUT2D eigenvalue weighted by Crippen LogP contribution is 2.29. The van der Waals surface area contributed by atoms with Crippen molar-refractivity contribution in [3.8, 4) is 5.75 Å². The van der Waals surface area contributed by atoms with Gasteiger partial charge in [-0.2, -0.15) is 0 Å². The summed E-state index contributed by atoms with van der Waals surface area (Å²) in [6, 6.07) is 0. The van der Waals surface area contributed by atoms with Crippen LogP contribution in [0, 0.1) is 5.92 Å². The first kappa shape index (κ1) is 16.9. The molecule has 0 saturated heterocycles. The molecule has 2 aliphatic rings. The maximum absolute atomic E-state index is 12.7. The smallest absolute Gasteiger partial charge is 0.291 e.